The summed E-state index contributed by atoms with van der Waals surface area (Å²) in [6.07, 6.45) is 5.03. The predicted molar refractivity (Wildman–Crippen MR) is 118 cm³/mol. The van der Waals surface area contributed by atoms with Crippen molar-refractivity contribution in [2.75, 3.05) is 6.54 Å². The average molecular weight is 420 g/mol. The van der Waals surface area contributed by atoms with Crippen molar-refractivity contribution in [1.29, 1.82) is 0 Å². The molecular formula is C25H29N3O3. The minimum absolute atomic E-state index is 0.0652. The Hall–Kier alpha value is -2.89. The second-order valence-corrected chi connectivity index (χ2v) is 9.70. The number of urea groups is 1. The van der Waals surface area contributed by atoms with Gasteiger partial charge in [-0.05, 0) is 73.3 Å². The summed E-state index contributed by atoms with van der Waals surface area (Å²) in [5.41, 5.74) is -0.472. The zero-order chi connectivity index (χ0) is 21.8. The lowest BCUT2D eigenvalue weighted by atomic mass is 9.84. The van der Waals surface area contributed by atoms with E-state index in [0.717, 1.165) is 21.6 Å². The first-order valence-electron chi connectivity index (χ1n) is 11.3. The van der Waals surface area contributed by atoms with Gasteiger partial charge in [0, 0.05) is 6.04 Å². The lowest BCUT2D eigenvalue weighted by molar-refractivity contribution is -0.135. The van der Waals surface area contributed by atoms with Crippen LogP contribution in [-0.2, 0) is 15.1 Å². The number of fused-ring (bicyclic) bond motifs is 3. The second kappa shape index (κ2) is 7.36. The molecule has 6 nitrogen and oxygen atoms in total. The van der Waals surface area contributed by atoms with Crippen molar-refractivity contribution in [3.05, 3.63) is 48.0 Å². The SMILES string of the molecule is C[C@@H](NC(=O)CN1C(=O)N[C@](C)(c2ccc3ccccc3c2)C1=O)[C@@H]1C[C@@H]2CC[C@@H]1C2. The van der Waals surface area contributed by atoms with Crippen molar-refractivity contribution in [2.24, 2.45) is 17.8 Å². The number of rotatable bonds is 5. The summed E-state index contributed by atoms with van der Waals surface area (Å²) < 4.78 is 0. The second-order valence-electron chi connectivity index (χ2n) is 9.70. The molecule has 2 aliphatic carbocycles. The van der Waals surface area contributed by atoms with Crippen LogP contribution in [0.3, 0.4) is 0 Å². The van der Waals surface area contributed by atoms with Crippen LogP contribution >= 0.6 is 0 Å². The van der Waals surface area contributed by atoms with E-state index in [9.17, 15) is 14.4 Å². The first kappa shape index (κ1) is 20.0. The molecule has 162 valence electrons. The first-order chi connectivity index (χ1) is 14.8. The quantitative estimate of drug-likeness (QED) is 0.728. The summed E-state index contributed by atoms with van der Waals surface area (Å²) in [7, 11) is 0. The van der Waals surface area contributed by atoms with Crippen LogP contribution in [0.15, 0.2) is 42.5 Å². The molecule has 0 aromatic heterocycles. The summed E-state index contributed by atoms with van der Waals surface area (Å²) in [6, 6.07) is 13.2. The summed E-state index contributed by atoms with van der Waals surface area (Å²) in [4.78, 5) is 39.6. The van der Waals surface area contributed by atoms with Crippen LogP contribution in [-0.4, -0.2) is 35.3 Å². The zero-order valence-corrected chi connectivity index (χ0v) is 18.1. The van der Waals surface area contributed by atoms with E-state index in [1.165, 1.54) is 25.7 Å². The number of hydrogen-bond donors (Lipinski definition) is 2. The Labute approximate surface area is 182 Å². The molecule has 0 radical (unpaired) electrons. The Morgan fingerprint density at radius 1 is 1.16 bits per heavy atom. The van der Waals surface area contributed by atoms with E-state index in [1.807, 2.05) is 49.4 Å². The Kier molecular flexibility index (Phi) is 4.76. The molecule has 2 aromatic carbocycles. The largest absolute Gasteiger partial charge is 0.352 e. The van der Waals surface area contributed by atoms with Gasteiger partial charge in [0.05, 0.1) is 0 Å². The Balaban J connectivity index is 1.28. The smallest absolute Gasteiger partial charge is 0.325 e. The van der Waals surface area contributed by atoms with Crippen molar-refractivity contribution in [2.45, 2.75) is 51.1 Å². The van der Waals surface area contributed by atoms with Crippen molar-refractivity contribution in [3.63, 3.8) is 0 Å². The van der Waals surface area contributed by atoms with Gasteiger partial charge < -0.3 is 10.6 Å². The van der Waals surface area contributed by atoms with Crippen molar-refractivity contribution < 1.29 is 14.4 Å². The third kappa shape index (κ3) is 3.38. The van der Waals surface area contributed by atoms with Gasteiger partial charge in [-0.3, -0.25) is 14.5 Å². The van der Waals surface area contributed by atoms with Gasteiger partial charge in [0.25, 0.3) is 5.91 Å². The van der Waals surface area contributed by atoms with Crippen LogP contribution in [0.2, 0.25) is 0 Å². The van der Waals surface area contributed by atoms with Gasteiger partial charge in [-0.25, -0.2) is 4.79 Å². The molecule has 0 unspecified atom stereocenters. The van der Waals surface area contributed by atoms with E-state index in [1.54, 1.807) is 6.92 Å². The van der Waals surface area contributed by atoms with Crippen LogP contribution in [0.5, 0.6) is 0 Å². The van der Waals surface area contributed by atoms with Gasteiger partial charge in [0.15, 0.2) is 0 Å². The van der Waals surface area contributed by atoms with Gasteiger partial charge in [0.2, 0.25) is 5.91 Å². The number of amides is 4. The first-order valence-corrected chi connectivity index (χ1v) is 11.3. The van der Waals surface area contributed by atoms with Crippen molar-refractivity contribution in [3.8, 4) is 0 Å². The predicted octanol–water partition coefficient (Wildman–Crippen LogP) is 3.55. The standard InChI is InChI=1S/C25H29N3O3/c1-15(21-12-16-7-8-19(21)11-16)26-22(29)14-28-23(30)25(2,27-24(28)31)20-10-9-17-5-3-4-6-18(17)13-20/h3-6,9-10,13,15-16,19,21H,7-8,11-12,14H2,1-2H3,(H,26,29)(H,27,31)/t15-,16-,19-,21+,25-/m1/s1. The van der Waals surface area contributed by atoms with Gasteiger partial charge >= 0.3 is 6.03 Å². The molecular weight excluding hydrogens is 390 g/mol. The van der Waals surface area contributed by atoms with E-state index < -0.39 is 17.5 Å². The number of nitrogens with zero attached hydrogens (tertiary/aromatic N) is 1. The van der Waals surface area contributed by atoms with Gasteiger partial charge in [-0.2, -0.15) is 0 Å². The maximum atomic E-state index is 13.2. The molecule has 3 fully saturated rings. The molecule has 4 amide bonds. The monoisotopic (exact) mass is 419 g/mol. The van der Waals surface area contributed by atoms with E-state index in [4.69, 9.17) is 0 Å². The lowest BCUT2D eigenvalue weighted by Crippen LogP contribution is -2.47. The van der Waals surface area contributed by atoms with Crippen LogP contribution in [0, 0.1) is 17.8 Å². The van der Waals surface area contributed by atoms with Crippen molar-refractivity contribution in [1.82, 2.24) is 15.5 Å². The highest BCUT2D eigenvalue weighted by Crippen LogP contribution is 2.49. The maximum absolute atomic E-state index is 13.2. The summed E-state index contributed by atoms with van der Waals surface area (Å²) in [5.74, 6) is 1.35. The van der Waals surface area contributed by atoms with E-state index >= 15 is 0 Å². The molecule has 5 atom stereocenters. The Bertz CT molecular complexity index is 1070. The summed E-state index contributed by atoms with van der Waals surface area (Å²) in [6.45, 7) is 3.50. The molecule has 3 aliphatic rings. The van der Waals surface area contributed by atoms with Gasteiger partial charge in [0.1, 0.15) is 12.1 Å². The van der Waals surface area contributed by atoms with E-state index in [-0.39, 0.29) is 18.5 Å². The topological polar surface area (TPSA) is 78.5 Å². The zero-order valence-electron chi connectivity index (χ0n) is 18.1. The highest BCUT2D eigenvalue weighted by Gasteiger charge is 2.50. The fourth-order valence-corrected chi connectivity index (χ4v) is 5.99. The molecule has 0 spiro atoms. The number of nitrogens with one attached hydrogen (secondary N) is 2. The van der Waals surface area contributed by atoms with Gasteiger partial charge in [-0.15, -0.1) is 0 Å². The molecule has 5 rings (SSSR count). The van der Waals surface area contributed by atoms with E-state index in [0.29, 0.717) is 17.4 Å². The highest BCUT2D eigenvalue weighted by atomic mass is 16.2. The average Bonchev–Trinajstić information content (AvgIpc) is 3.45. The Morgan fingerprint density at radius 2 is 1.94 bits per heavy atom. The molecule has 2 N–H and O–H groups in total. The number of carbonyl (C=O) groups is 3. The molecule has 6 heteroatoms. The molecule has 2 aromatic rings. The van der Waals surface area contributed by atoms with E-state index in [2.05, 4.69) is 10.6 Å². The third-order valence-corrected chi connectivity index (χ3v) is 7.73. The molecule has 31 heavy (non-hydrogen) atoms. The highest BCUT2D eigenvalue weighted by molar-refractivity contribution is 6.09. The molecule has 1 heterocycles. The third-order valence-electron chi connectivity index (χ3n) is 7.73. The number of carbonyl (C=O) groups excluding carboxylic acids is 3. The lowest BCUT2D eigenvalue weighted by Gasteiger charge is -2.29. The van der Waals surface area contributed by atoms with Crippen LogP contribution in [0.4, 0.5) is 4.79 Å². The molecule has 1 aliphatic heterocycles. The summed E-state index contributed by atoms with van der Waals surface area (Å²) in [5, 5.41) is 7.92. The van der Waals surface area contributed by atoms with Crippen LogP contribution in [0.25, 0.3) is 10.8 Å². The minimum atomic E-state index is -1.18. The van der Waals surface area contributed by atoms with Crippen LogP contribution < -0.4 is 10.6 Å². The minimum Gasteiger partial charge on any atom is -0.352 e. The summed E-state index contributed by atoms with van der Waals surface area (Å²) >= 11 is 0. The van der Waals surface area contributed by atoms with Gasteiger partial charge in [-0.1, -0.05) is 42.8 Å². The normalized spacial score (nSPS) is 30.6. The van der Waals surface area contributed by atoms with Crippen molar-refractivity contribution >= 4 is 28.6 Å². The molecule has 2 saturated carbocycles. The molecule has 2 bridgehead atoms. The number of benzene rings is 2. The fourth-order valence-electron chi connectivity index (χ4n) is 5.99. The number of hydrogen-bond acceptors (Lipinski definition) is 3. The Morgan fingerprint density at radius 3 is 2.65 bits per heavy atom. The maximum Gasteiger partial charge on any atom is 0.325 e. The van der Waals surface area contributed by atoms with Crippen LogP contribution in [0.1, 0.15) is 45.1 Å². The number of imide groups is 1. The fraction of sp³-hybridized carbons (Fsp3) is 0.480. The molecule has 1 saturated heterocycles.